The molecule has 0 atom stereocenters. The van der Waals surface area contributed by atoms with E-state index >= 15 is 0 Å². The second-order valence-electron chi connectivity index (χ2n) is 4.96. The predicted octanol–water partition coefficient (Wildman–Crippen LogP) is 1.87. The number of hydrogen-bond acceptors (Lipinski definition) is 4. The fourth-order valence-electron chi connectivity index (χ4n) is 2.23. The van der Waals surface area contributed by atoms with Crippen LogP contribution in [0.15, 0.2) is 30.6 Å². The largest absolute Gasteiger partial charge is 0.490 e. The van der Waals surface area contributed by atoms with E-state index in [-0.39, 0.29) is 0 Å². The Morgan fingerprint density at radius 3 is 2.75 bits per heavy atom. The second-order valence-corrected chi connectivity index (χ2v) is 4.96. The average Bonchev–Trinajstić information content (AvgIpc) is 2.73. The zero-order valence-electron chi connectivity index (χ0n) is 11.6. The maximum absolute atomic E-state index is 5.69. The summed E-state index contributed by atoms with van der Waals surface area (Å²) in [5.74, 6) is 1.70. The van der Waals surface area contributed by atoms with Crippen LogP contribution in [0.3, 0.4) is 0 Å². The van der Waals surface area contributed by atoms with Gasteiger partial charge in [0.05, 0.1) is 19.4 Å². The molecule has 2 aromatic rings. The molecule has 1 aliphatic heterocycles. The first-order chi connectivity index (χ1) is 9.81. The summed E-state index contributed by atoms with van der Waals surface area (Å²) in [6.45, 7) is 3.05. The highest BCUT2D eigenvalue weighted by molar-refractivity contribution is 5.43. The number of ether oxygens (including phenoxy) is 2. The minimum absolute atomic E-state index is 0.722. The fraction of sp³-hybridized carbons (Fsp3) is 0.400. The topological polar surface area (TPSA) is 48.3 Å². The lowest BCUT2D eigenvalue weighted by Gasteiger charge is -2.09. The number of hydrogen-bond donors (Lipinski definition) is 1. The Morgan fingerprint density at radius 1 is 1.15 bits per heavy atom. The van der Waals surface area contributed by atoms with Crippen LogP contribution < -0.4 is 14.8 Å². The maximum atomic E-state index is 5.69. The molecule has 0 radical (unpaired) electrons. The van der Waals surface area contributed by atoms with Crippen LogP contribution in [0.2, 0.25) is 0 Å². The summed E-state index contributed by atoms with van der Waals surface area (Å²) < 4.78 is 13.1. The van der Waals surface area contributed by atoms with Gasteiger partial charge >= 0.3 is 0 Å². The maximum Gasteiger partial charge on any atom is 0.161 e. The molecule has 2 heterocycles. The monoisotopic (exact) mass is 273 g/mol. The Labute approximate surface area is 118 Å². The third kappa shape index (κ3) is 3.11. The van der Waals surface area contributed by atoms with E-state index in [0.29, 0.717) is 0 Å². The normalized spacial score (nSPS) is 14.1. The molecule has 1 N–H and O–H groups in total. The van der Waals surface area contributed by atoms with Crippen LogP contribution >= 0.6 is 0 Å². The van der Waals surface area contributed by atoms with Gasteiger partial charge in [0.1, 0.15) is 0 Å². The molecule has 0 spiro atoms. The van der Waals surface area contributed by atoms with E-state index < -0.39 is 0 Å². The Morgan fingerprint density at radius 2 is 1.95 bits per heavy atom. The number of nitrogens with zero attached hydrogens (tertiary/aromatic N) is 2. The highest BCUT2D eigenvalue weighted by Crippen LogP contribution is 2.30. The SMILES string of the molecule is Cn1cc(CNCc2ccc3c(c2)OCCCO3)cn1. The zero-order valence-corrected chi connectivity index (χ0v) is 11.6. The van der Waals surface area contributed by atoms with Crippen molar-refractivity contribution in [3.63, 3.8) is 0 Å². The minimum Gasteiger partial charge on any atom is -0.490 e. The number of aryl methyl sites for hydroxylation is 1. The zero-order chi connectivity index (χ0) is 13.8. The summed E-state index contributed by atoms with van der Waals surface area (Å²) in [5, 5.41) is 7.55. The lowest BCUT2D eigenvalue weighted by molar-refractivity contribution is 0.297. The average molecular weight is 273 g/mol. The molecule has 1 aromatic carbocycles. The van der Waals surface area contributed by atoms with Crippen molar-refractivity contribution in [1.82, 2.24) is 15.1 Å². The molecular formula is C15H19N3O2. The van der Waals surface area contributed by atoms with Crippen LogP contribution in [0.4, 0.5) is 0 Å². The van der Waals surface area contributed by atoms with E-state index in [0.717, 1.165) is 44.2 Å². The third-order valence-corrected chi connectivity index (χ3v) is 3.23. The van der Waals surface area contributed by atoms with Crippen molar-refractivity contribution < 1.29 is 9.47 Å². The molecule has 1 aromatic heterocycles. The molecule has 20 heavy (non-hydrogen) atoms. The number of rotatable bonds is 4. The van der Waals surface area contributed by atoms with E-state index in [9.17, 15) is 0 Å². The van der Waals surface area contributed by atoms with Crippen molar-refractivity contribution in [3.8, 4) is 11.5 Å². The van der Waals surface area contributed by atoms with Crippen LogP contribution in [-0.4, -0.2) is 23.0 Å². The fourth-order valence-corrected chi connectivity index (χ4v) is 2.23. The van der Waals surface area contributed by atoms with E-state index in [1.165, 1.54) is 11.1 Å². The van der Waals surface area contributed by atoms with Gasteiger partial charge in [0.15, 0.2) is 11.5 Å². The summed E-state index contributed by atoms with van der Waals surface area (Å²) in [6.07, 6.45) is 4.82. The quantitative estimate of drug-likeness (QED) is 0.924. The minimum atomic E-state index is 0.722. The molecule has 5 heteroatoms. The lowest BCUT2D eigenvalue weighted by atomic mass is 10.2. The van der Waals surface area contributed by atoms with Gasteiger partial charge in [-0.1, -0.05) is 6.07 Å². The standard InChI is InChI=1S/C15H19N3O2/c1-18-11-13(10-17-18)9-16-8-12-3-4-14-15(7-12)20-6-2-5-19-14/h3-4,7,10-11,16H,2,5-6,8-9H2,1H3. The van der Waals surface area contributed by atoms with Crippen molar-refractivity contribution in [2.45, 2.75) is 19.5 Å². The van der Waals surface area contributed by atoms with Gasteiger partial charge in [0, 0.05) is 38.3 Å². The smallest absolute Gasteiger partial charge is 0.161 e. The van der Waals surface area contributed by atoms with Gasteiger partial charge in [-0.05, 0) is 17.7 Å². The number of fused-ring (bicyclic) bond motifs is 1. The highest BCUT2D eigenvalue weighted by atomic mass is 16.5. The first kappa shape index (κ1) is 13.0. The molecule has 1 aliphatic rings. The van der Waals surface area contributed by atoms with Gasteiger partial charge in [0.25, 0.3) is 0 Å². The summed E-state index contributed by atoms with van der Waals surface area (Å²) in [4.78, 5) is 0. The summed E-state index contributed by atoms with van der Waals surface area (Å²) in [5.41, 5.74) is 2.37. The van der Waals surface area contributed by atoms with Gasteiger partial charge in [0.2, 0.25) is 0 Å². The van der Waals surface area contributed by atoms with Crippen molar-refractivity contribution in [3.05, 3.63) is 41.7 Å². The molecular weight excluding hydrogens is 254 g/mol. The molecule has 0 saturated carbocycles. The van der Waals surface area contributed by atoms with Gasteiger partial charge in [-0.15, -0.1) is 0 Å². The van der Waals surface area contributed by atoms with Crippen molar-refractivity contribution in [2.24, 2.45) is 7.05 Å². The van der Waals surface area contributed by atoms with E-state index in [4.69, 9.17) is 9.47 Å². The van der Waals surface area contributed by atoms with E-state index in [1.54, 1.807) is 0 Å². The molecule has 0 fully saturated rings. The number of aromatic nitrogens is 2. The van der Waals surface area contributed by atoms with Crippen molar-refractivity contribution in [1.29, 1.82) is 0 Å². The third-order valence-electron chi connectivity index (χ3n) is 3.23. The lowest BCUT2D eigenvalue weighted by Crippen LogP contribution is -2.12. The Bertz CT molecular complexity index is 580. The highest BCUT2D eigenvalue weighted by Gasteiger charge is 2.10. The van der Waals surface area contributed by atoms with Crippen LogP contribution in [0.1, 0.15) is 17.5 Å². The van der Waals surface area contributed by atoms with Crippen LogP contribution in [0.5, 0.6) is 11.5 Å². The molecule has 0 aliphatic carbocycles. The summed E-state index contributed by atoms with van der Waals surface area (Å²) >= 11 is 0. The van der Waals surface area contributed by atoms with Gasteiger partial charge in [-0.2, -0.15) is 5.10 Å². The second kappa shape index (κ2) is 5.96. The number of benzene rings is 1. The molecule has 0 bridgehead atoms. The summed E-state index contributed by atoms with van der Waals surface area (Å²) in [7, 11) is 1.92. The Balaban J connectivity index is 1.59. The van der Waals surface area contributed by atoms with Crippen molar-refractivity contribution in [2.75, 3.05) is 13.2 Å². The Kier molecular flexibility index (Phi) is 3.87. The molecule has 0 amide bonds. The molecule has 106 valence electrons. The molecule has 5 nitrogen and oxygen atoms in total. The van der Waals surface area contributed by atoms with Gasteiger partial charge in [-0.25, -0.2) is 0 Å². The summed E-state index contributed by atoms with van der Waals surface area (Å²) in [6, 6.07) is 6.11. The van der Waals surface area contributed by atoms with Crippen LogP contribution in [0, 0.1) is 0 Å². The van der Waals surface area contributed by atoms with E-state index in [1.807, 2.05) is 30.2 Å². The molecule has 0 saturated heterocycles. The van der Waals surface area contributed by atoms with Gasteiger partial charge in [-0.3, -0.25) is 4.68 Å². The van der Waals surface area contributed by atoms with Crippen LogP contribution in [-0.2, 0) is 20.1 Å². The molecule has 3 rings (SSSR count). The van der Waals surface area contributed by atoms with Crippen LogP contribution in [0.25, 0.3) is 0 Å². The first-order valence-electron chi connectivity index (χ1n) is 6.88. The predicted molar refractivity (Wildman–Crippen MR) is 75.8 cm³/mol. The first-order valence-corrected chi connectivity index (χ1v) is 6.88. The Hall–Kier alpha value is -2.01. The van der Waals surface area contributed by atoms with Crippen molar-refractivity contribution >= 4 is 0 Å². The molecule has 0 unspecified atom stereocenters. The number of nitrogens with one attached hydrogen (secondary N) is 1. The van der Waals surface area contributed by atoms with Gasteiger partial charge < -0.3 is 14.8 Å². The van der Waals surface area contributed by atoms with E-state index in [2.05, 4.69) is 22.5 Å².